The Hall–Kier alpha value is -1.86. The minimum atomic E-state index is 0.0577. The normalized spacial score (nSPS) is 16.3. The average molecular weight is 243 g/mol. The van der Waals surface area contributed by atoms with Gasteiger partial charge in [0.2, 0.25) is 6.54 Å². The van der Waals surface area contributed by atoms with Crippen LogP contribution in [-0.4, -0.2) is 48.9 Å². The number of amides is 1. The highest BCUT2D eigenvalue weighted by atomic mass is 16.2. The number of carbonyl (C=O) groups is 1. The van der Waals surface area contributed by atoms with E-state index in [9.17, 15) is 4.79 Å². The first kappa shape index (κ1) is 12.6. The topological polar surface area (TPSA) is 27.9 Å². The van der Waals surface area contributed by atoms with Gasteiger partial charge in [0, 0.05) is 31.7 Å². The van der Waals surface area contributed by atoms with Crippen LogP contribution in [0.2, 0.25) is 0 Å². The third-order valence-electron chi connectivity index (χ3n) is 3.29. The van der Waals surface area contributed by atoms with E-state index in [1.54, 1.807) is 0 Å². The highest BCUT2D eigenvalue weighted by Crippen LogP contribution is 2.14. The Morgan fingerprint density at radius 1 is 1.28 bits per heavy atom. The summed E-state index contributed by atoms with van der Waals surface area (Å²) in [4.78, 5) is 19.9. The lowest BCUT2D eigenvalue weighted by Gasteiger charge is -2.32. The van der Waals surface area contributed by atoms with E-state index in [0.717, 1.165) is 31.7 Å². The van der Waals surface area contributed by atoms with Crippen molar-refractivity contribution in [3.63, 3.8) is 0 Å². The Labute approximate surface area is 108 Å². The Kier molecular flexibility index (Phi) is 3.96. The molecule has 0 spiro atoms. The van der Waals surface area contributed by atoms with Gasteiger partial charge in [-0.15, -0.1) is 0 Å². The van der Waals surface area contributed by atoms with Crippen molar-refractivity contribution in [1.82, 2.24) is 9.80 Å². The van der Waals surface area contributed by atoms with Gasteiger partial charge in [-0.1, -0.05) is 18.2 Å². The fourth-order valence-corrected chi connectivity index (χ4v) is 2.13. The van der Waals surface area contributed by atoms with Crippen molar-refractivity contribution in [2.24, 2.45) is 0 Å². The van der Waals surface area contributed by atoms with Gasteiger partial charge in [-0.25, -0.2) is 6.57 Å². The molecule has 1 amide bonds. The summed E-state index contributed by atoms with van der Waals surface area (Å²) >= 11 is 0. The first-order chi connectivity index (χ1) is 8.72. The number of rotatable bonds is 2. The third-order valence-corrected chi connectivity index (χ3v) is 3.29. The van der Waals surface area contributed by atoms with Gasteiger partial charge in [0.1, 0.15) is 0 Å². The second-order valence-corrected chi connectivity index (χ2v) is 4.57. The summed E-state index contributed by atoms with van der Waals surface area (Å²) in [7, 11) is 2.06. The molecule has 1 fully saturated rings. The molecule has 1 aromatic carbocycles. The Morgan fingerprint density at radius 2 is 1.94 bits per heavy atom. The van der Waals surface area contributed by atoms with Crippen molar-refractivity contribution in [1.29, 1.82) is 0 Å². The van der Waals surface area contributed by atoms with E-state index >= 15 is 0 Å². The molecule has 1 aliphatic rings. The van der Waals surface area contributed by atoms with Crippen LogP contribution in [-0.2, 0) is 6.54 Å². The van der Waals surface area contributed by atoms with E-state index in [1.165, 1.54) is 0 Å². The third kappa shape index (κ3) is 2.69. The molecule has 4 heteroatoms. The number of piperazine rings is 1. The Bertz CT molecular complexity index is 470. The summed E-state index contributed by atoms with van der Waals surface area (Å²) in [5.41, 5.74) is 1.51. The number of likely N-dealkylation sites (N-methyl/N-ethyl adjacent to an activating group) is 1. The maximum absolute atomic E-state index is 12.4. The number of carbonyl (C=O) groups excluding carboxylic acids is 1. The quantitative estimate of drug-likeness (QED) is 0.736. The lowest BCUT2D eigenvalue weighted by molar-refractivity contribution is 0.0663. The molecule has 1 aliphatic heterocycles. The van der Waals surface area contributed by atoms with Crippen LogP contribution in [0.3, 0.4) is 0 Å². The zero-order chi connectivity index (χ0) is 13.0. The Balaban J connectivity index is 2.16. The van der Waals surface area contributed by atoms with Crippen LogP contribution in [0.4, 0.5) is 0 Å². The fraction of sp³-hybridized carbons (Fsp3) is 0.429. The second kappa shape index (κ2) is 5.65. The van der Waals surface area contributed by atoms with Gasteiger partial charge in [-0.2, -0.15) is 0 Å². The van der Waals surface area contributed by atoms with Crippen LogP contribution >= 0.6 is 0 Å². The van der Waals surface area contributed by atoms with Crippen molar-refractivity contribution in [3.8, 4) is 0 Å². The summed E-state index contributed by atoms with van der Waals surface area (Å²) in [5, 5.41) is 0. The van der Waals surface area contributed by atoms with Crippen LogP contribution in [0, 0.1) is 6.57 Å². The monoisotopic (exact) mass is 243 g/mol. The predicted octanol–water partition coefficient (Wildman–Crippen LogP) is 1.49. The molecule has 18 heavy (non-hydrogen) atoms. The molecule has 0 unspecified atom stereocenters. The Morgan fingerprint density at radius 3 is 2.61 bits per heavy atom. The van der Waals surface area contributed by atoms with Crippen LogP contribution < -0.4 is 0 Å². The van der Waals surface area contributed by atoms with Crippen LogP contribution in [0.1, 0.15) is 15.9 Å². The van der Waals surface area contributed by atoms with Crippen molar-refractivity contribution in [2.45, 2.75) is 6.54 Å². The van der Waals surface area contributed by atoms with Gasteiger partial charge in [0.15, 0.2) is 0 Å². The van der Waals surface area contributed by atoms with E-state index < -0.39 is 0 Å². The van der Waals surface area contributed by atoms with Gasteiger partial charge in [0.25, 0.3) is 5.91 Å². The SMILES string of the molecule is [C-]#[N+]Cc1ccccc1C(=O)N1CCN(C)CC1. The summed E-state index contributed by atoms with van der Waals surface area (Å²) in [6, 6.07) is 7.42. The smallest absolute Gasteiger partial charge is 0.254 e. The van der Waals surface area contributed by atoms with E-state index in [2.05, 4.69) is 16.8 Å². The van der Waals surface area contributed by atoms with Gasteiger partial charge in [-0.3, -0.25) is 4.79 Å². The molecule has 1 heterocycles. The van der Waals surface area contributed by atoms with Crippen molar-refractivity contribution in [2.75, 3.05) is 33.2 Å². The predicted molar refractivity (Wildman–Crippen MR) is 70.1 cm³/mol. The highest BCUT2D eigenvalue weighted by molar-refractivity contribution is 5.95. The minimum Gasteiger partial charge on any atom is -0.336 e. The molecule has 0 N–H and O–H groups in total. The maximum atomic E-state index is 12.4. The van der Waals surface area contributed by atoms with Crippen LogP contribution in [0.5, 0.6) is 0 Å². The highest BCUT2D eigenvalue weighted by Gasteiger charge is 2.22. The molecular formula is C14H17N3O. The number of nitrogens with zero attached hydrogens (tertiary/aromatic N) is 3. The first-order valence-electron chi connectivity index (χ1n) is 6.11. The maximum Gasteiger partial charge on any atom is 0.254 e. The molecule has 1 aromatic rings. The zero-order valence-electron chi connectivity index (χ0n) is 10.6. The summed E-state index contributed by atoms with van der Waals surface area (Å²) in [5.74, 6) is 0.0577. The molecule has 0 aromatic heterocycles. The molecule has 1 saturated heterocycles. The van der Waals surface area contributed by atoms with Gasteiger partial charge >= 0.3 is 0 Å². The lowest BCUT2D eigenvalue weighted by atomic mass is 10.1. The molecular weight excluding hydrogens is 226 g/mol. The average Bonchev–Trinajstić information content (AvgIpc) is 2.40. The molecule has 0 bridgehead atoms. The zero-order valence-corrected chi connectivity index (χ0v) is 10.6. The molecule has 2 rings (SSSR count). The first-order valence-corrected chi connectivity index (χ1v) is 6.11. The summed E-state index contributed by atoms with van der Waals surface area (Å²) < 4.78 is 0. The summed E-state index contributed by atoms with van der Waals surface area (Å²) in [6.45, 7) is 10.6. The molecule has 0 saturated carbocycles. The second-order valence-electron chi connectivity index (χ2n) is 4.57. The minimum absolute atomic E-state index is 0.0577. The number of hydrogen-bond donors (Lipinski definition) is 0. The van der Waals surface area contributed by atoms with E-state index in [-0.39, 0.29) is 12.5 Å². The van der Waals surface area contributed by atoms with Crippen molar-refractivity contribution >= 4 is 5.91 Å². The molecule has 0 aliphatic carbocycles. The molecule has 4 nitrogen and oxygen atoms in total. The molecule has 0 radical (unpaired) electrons. The van der Waals surface area contributed by atoms with Crippen molar-refractivity contribution < 1.29 is 4.79 Å². The van der Waals surface area contributed by atoms with Crippen LogP contribution in [0.15, 0.2) is 24.3 Å². The summed E-state index contributed by atoms with van der Waals surface area (Å²) in [6.07, 6.45) is 0. The van der Waals surface area contributed by atoms with Gasteiger partial charge < -0.3 is 14.6 Å². The molecule has 0 atom stereocenters. The number of hydrogen-bond acceptors (Lipinski definition) is 2. The van der Waals surface area contributed by atoms with Crippen LogP contribution in [0.25, 0.3) is 4.85 Å². The van der Waals surface area contributed by atoms with Gasteiger partial charge in [0.05, 0.1) is 5.56 Å². The van der Waals surface area contributed by atoms with E-state index in [4.69, 9.17) is 6.57 Å². The lowest BCUT2D eigenvalue weighted by Crippen LogP contribution is -2.47. The van der Waals surface area contributed by atoms with E-state index in [0.29, 0.717) is 5.56 Å². The molecule has 94 valence electrons. The van der Waals surface area contributed by atoms with Crippen molar-refractivity contribution in [3.05, 3.63) is 46.8 Å². The van der Waals surface area contributed by atoms with E-state index in [1.807, 2.05) is 29.2 Å². The number of benzene rings is 1. The largest absolute Gasteiger partial charge is 0.336 e. The standard InChI is InChI=1S/C14H17N3O/c1-15-11-12-5-3-4-6-13(12)14(18)17-9-7-16(2)8-10-17/h3-6H,7-11H2,2H3. The fourth-order valence-electron chi connectivity index (χ4n) is 2.13. The van der Waals surface area contributed by atoms with Gasteiger partial charge in [-0.05, 0) is 13.1 Å².